The molecule has 0 atom stereocenters. The molecule has 0 saturated carbocycles. The fraction of sp³-hybridized carbons (Fsp3) is 0.200. The predicted molar refractivity (Wildman–Crippen MR) is 93.5 cm³/mol. The van der Waals surface area contributed by atoms with Crippen molar-refractivity contribution < 1.29 is 23.4 Å². The highest BCUT2D eigenvalue weighted by atomic mass is 36.0. The van der Waals surface area contributed by atoms with Gasteiger partial charge in [-0.15, -0.1) is 0 Å². The summed E-state index contributed by atoms with van der Waals surface area (Å²) in [4.78, 5) is 0. The molecule has 0 heterocycles. The molecule has 130 valence electrons. The molecule has 0 aromatic heterocycles. The summed E-state index contributed by atoms with van der Waals surface area (Å²) >= 11 is 0. The van der Waals surface area contributed by atoms with Crippen LogP contribution < -0.4 is 0 Å². The number of methoxy groups -OCH3 is 1. The number of ether oxygens (including phenoxy) is 1. The summed E-state index contributed by atoms with van der Waals surface area (Å²) in [6.07, 6.45) is 0. The number of halogens is 2. The zero-order chi connectivity index (χ0) is 18.1. The Morgan fingerprint density at radius 1 is 0.870 bits per heavy atom. The van der Waals surface area contributed by atoms with Crippen LogP contribution in [-0.2, 0) is 13.0 Å². The summed E-state index contributed by atoms with van der Waals surface area (Å²) < 4.78 is 22.2. The van der Waals surface area contributed by atoms with E-state index in [9.17, 15) is 0 Å². The van der Waals surface area contributed by atoms with E-state index in [1.165, 1.54) is 12.7 Å². The minimum absolute atomic E-state index is 1.20. The zero-order valence-corrected chi connectivity index (χ0v) is 15.0. The molecule has 0 saturated heterocycles. The Kier molecular flexibility index (Phi) is 16.5. The summed E-state index contributed by atoms with van der Waals surface area (Å²) in [7, 11) is 6.01. The minimum Gasteiger partial charge on any atom is -0.346 e. The van der Waals surface area contributed by atoms with Gasteiger partial charge in [0.2, 0.25) is 0 Å². The number of hydrogen-bond acceptors (Lipinski definition) is 5. The topological polar surface area (TPSA) is 83.8 Å². The molecule has 23 heavy (non-hydrogen) atoms. The number of benzene rings is 2. The Morgan fingerprint density at radius 2 is 1.09 bits per heavy atom. The Bertz CT molecular complexity index is 528. The maximum Gasteiger partial charge on any atom is 0.317 e. The average Bonchev–Trinajstić information content (AvgIpc) is 2.49. The van der Waals surface area contributed by atoms with E-state index in [2.05, 4.69) is 45.2 Å². The molecule has 2 rings (SSSR count). The molecule has 0 aliphatic heterocycles. The van der Waals surface area contributed by atoms with E-state index >= 15 is 0 Å². The molecule has 2 aromatic rings. The van der Waals surface area contributed by atoms with E-state index in [0.29, 0.717) is 0 Å². The van der Waals surface area contributed by atoms with Crippen LogP contribution in [0, 0.1) is 6.92 Å². The first-order valence-corrected chi connectivity index (χ1v) is 9.35. The lowest BCUT2D eigenvalue weighted by Gasteiger charge is -1.92. The average molecular weight is 383 g/mol. The third-order valence-electron chi connectivity index (χ3n) is 1.82. The second-order valence-electron chi connectivity index (χ2n) is 3.75. The Labute approximate surface area is 146 Å². The van der Waals surface area contributed by atoms with Crippen LogP contribution in [0.5, 0.6) is 0 Å². The van der Waals surface area contributed by atoms with Gasteiger partial charge in [-0.05, 0) is 6.92 Å². The molecule has 2 aromatic carbocycles. The van der Waals surface area contributed by atoms with Gasteiger partial charge in [-0.3, -0.25) is 0 Å². The van der Waals surface area contributed by atoms with E-state index in [4.69, 9.17) is 18.6 Å². The highest BCUT2D eigenvalue weighted by Gasteiger charge is 1.88. The summed E-state index contributed by atoms with van der Waals surface area (Å²) in [6.45, 7) is 0.468. The maximum atomic E-state index is 9.16. The van der Waals surface area contributed by atoms with Crippen molar-refractivity contribution in [2.24, 2.45) is 0 Å². The molecular formula is C15H20Cl2O5S. The Morgan fingerprint density at radius 3 is 1.22 bits per heavy atom. The fourth-order valence-electron chi connectivity index (χ4n) is 0.919. The molecule has 0 unspecified atom stereocenters. The first kappa shape index (κ1) is 24.1. The van der Waals surface area contributed by atoms with Crippen LogP contribution in [0.25, 0.3) is 0 Å². The Balaban J connectivity index is 0. The van der Waals surface area contributed by atoms with Crippen molar-refractivity contribution in [3.8, 4) is 0 Å². The summed E-state index contributed by atoms with van der Waals surface area (Å²) in [5, 5.41) is 15.4. The van der Waals surface area contributed by atoms with E-state index in [0.717, 1.165) is 0 Å². The number of aryl methyl sites for hydroxylation is 1. The smallest absolute Gasteiger partial charge is 0.317 e. The molecule has 0 aliphatic rings. The molecular weight excluding hydrogens is 363 g/mol. The molecule has 0 amide bonds. The SMILES string of the molecule is COC(O)O.Cc1ccccc1.O=S(=O)(Cl)Cl.c1ccccc1. The van der Waals surface area contributed by atoms with Gasteiger partial charge in [-0.2, -0.15) is 8.42 Å². The van der Waals surface area contributed by atoms with Gasteiger partial charge in [0.1, 0.15) is 0 Å². The summed E-state index contributed by atoms with van der Waals surface area (Å²) in [6, 6.07) is 22.3. The number of rotatable bonds is 1. The first-order valence-electron chi connectivity index (χ1n) is 6.21. The van der Waals surface area contributed by atoms with Crippen LogP contribution in [0.4, 0.5) is 0 Å². The van der Waals surface area contributed by atoms with Crippen molar-refractivity contribution in [1.29, 1.82) is 0 Å². The van der Waals surface area contributed by atoms with E-state index in [1.54, 1.807) is 0 Å². The quantitative estimate of drug-likeness (QED) is 0.583. The standard InChI is InChI=1S/C7H8.C6H6.C2H6O3.Cl2O2S/c1-7-5-3-2-4-6-7;1-2-4-6-5-3-1;1-5-2(3)4;1-5(2,3)4/h2-6H,1H3;1-6H;2-4H,1H3;. The van der Waals surface area contributed by atoms with Crippen LogP contribution in [0.1, 0.15) is 5.56 Å². The number of hydrogen-bond donors (Lipinski definition) is 2. The van der Waals surface area contributed by atoms with Gasteiger partial charge in [0.15, 0.2) is 0 Å². The lowest BCUT2D eigenvalue weighted by molar-refractivity contribution is -0.218. The summed E-state index contributed by atoms with van der Waals surface area (Å²) in [5.41, 5.74) is 1.32. The predicted octanol–water partition coefficient (Wildman–Crippen LogP) is 3.29. The molecule has 0 spiro atoms. The third kappa shape index (κ3) is 33.6. The highest BCUT2D eigenvalue weighted by molar-refractivity contribution is 8.31. The first-order chi connectivity index (χ1) is 10.7. The van der Waals surface area contributed by atoms with E-state index < -0.39 is 14.7 Å². The lowest BCUT2D eigenvalue weighted by Crippen LogP contribution is -2.04. The van der Waals surface area contributed by atoms with Gasteiger partial charge >= 0.3 is 8.26 Å². The molecule has 2 N–H and O–H groups in total. The van der Waals surface area contributed by atoms with Crippen molar-refractivity contribution in [2.75, 3.05) is 7.11 Å². The normalized spacial score (nSPS) is 9.35. The fourth-order valence-corrected chi connectivity index (χ4v) is 0.919. The summed E-state index contributed by atoms with van der Waals surface area (Å²) in [5.74, 6) is 0. The van der Waals surface area contributed by atoms with Gasteiger partial charge in [-0.1, -0.05) is 72.3 Å². The monoisotopic (exact) mass is 382 g/mol. The van der Waals surface area contributed by atoms with Gasteiger partial charge < -0.3 is 14.9 Å². The molecule has 0 bridgehead atoms. The van der Waals surface area contributed by atoms with Crippen LogP contribution in [-0.4, -0.2) is 32.2 Å². The van der Waals surface area contributed by atoms with Gasteiger partial charge in [0.05, 0.1) is 0 Å². The lowest BCUT2D eigenvalue weighted by atomic mass is 10.2. The van der Waals surface area contributed by atoms with E-state index in [1.807, 2.05) is 54.6 Å². The molecule has 8 heteroatoms. The molecule has 0 aliphatic carbocycles. The van der Waals surface area contributed by atoms with Crippen molar-refractivity contribution in [2.45, 2.75) is 13.4 Å². The third-order valence-corrected chi connectivity index (χ3v) is 1.82. The largest absolute Gasteiger partial charge is 0.346 e. The molecule has 0 fully saturated rings. The molecule has 5 nitrogen and oxygen atoms in total. The van der Waals surface area contributed by atoms with Crippen molar-refractivity contribution >= 4 is 29.6 Å². The van der Waals surface area contributed by atoms with Gasteiger partial charge in [0.25, 0.3) is 6.48 Å². The second kappa shape index (κ2) is 15.7. The van der Waals surface area contributed by atoms with Crippen LogP contribution in [0.15, 0.2) is 66.7 Å². The van der Waals surface area contributed by atoms with Crippen LogP contribution in [0.3, 0.4) is 0 Å². The number of aliphatic hydroxyl groups excluding tert-OH is 1. The zero-order valence-electron chi connectivity index (χ0n) is 12.7. The highest BCUT2D eigenvalue weighted by Crippen LogP contribution is 1.98. The van der Waals surface area contributed by atoms with E-state index in [-0.39, 0.29) is 0 Å². The number of aliphatic hydroxyl groups is 2. The second-order valence-corrected chi connectivity index (χ2v) is 7.42. The van der Waals surface area contributed by atoms with Crippen LogP contribution in [0.2, 0.25) is 0 Å². The maximum absolute atomic E-state index is 9.16. The van der Waals surface area contributed by atoms with Crippen LogP contribution >= 0.6 is 21.4 Å². The molecule has 0 radical (unpaired) electrons. The Hall–Kier alpha value is -1.15. The minimum atomic E-state index is -3.72. The van der Waals surface area contributed by atoms with Crippen molar-refractivity contribution in [3.05, 3.63) is 72.3 Å². The van der Waals surface area contributed by atoms with Crippen molar-refractivity contribution in [3.63, 3.8) is 0 Å². The van der Waals surface area contributed by atoms with Crippen molar-refractivity contribution in [1.82, 2.24) is 0 Å². The van der Waals surface area contributed by atoms with Gasteiger partial charge in [-0.25, -0.2) is 0 Å². The van der Waals surface area contributed by atoms with Gasteiger partial charge in [0, 0.05) is 28.5 Å².